The Labute approximate surface area is 172 Å². The summed E-state index contributed by atoms with van der Waals surface area (Å²) in [5.41, 5.74) is 0.435. The molecule has 2 N–H and O–H groups in total. The van der Waals surface area contributed by atoms with Gasteiger partial charge in [0, 0.05) is 18.4 Å². The third kappa shape index (κ3) is 8.13. The fourth-order valence-corrected chi connectivity index (χ4v) is 2.64. The lowest BCUT2D eigenvalue weighted by Gasteiger charge is -2.20. The van der Waals surface area contributed by atoms with Gasteiger partial charge in [-0.05, 0) is 37.0 Å². The smallest absolute Gasteiger partial charge is 0.326 e. The normalized spacial score (nSPS) is 12.7. The molecule has 0 saturated heterocycles. The van der Waals surface area contributed by atoms with Crippen LogP contribution in [0.25, 0.3) is 0 Å². The summed E-state index contributed by atoms with van der Waals surface area (Å²) in [6.07, 6.45) is 2.23. The molecule has 162 valence electrons. The van der Waals surface area contributed by atoms with E-state index in [1.165, 1.54) is 0 Å². The largest absolute Gasteiger partial charge is 0.490 e. The number of hydrogen-bond acceptors (Lipinski definition) is 5. The van der Waals surface area contributed by atoms with E-state index < -0.39 is 17.9 Å². The average Bonchev–Trinajstić information content (AvgIpc) is 2.72. The fraction of sp³-hybridized carbons (Fsp3) is 0.591. The number of carbonyl (C=O) groups is 3. The first-order valence-electron chi connectivity index (χ1n) is 10.3. The molecule has 2 atom stereocenters. The Kier molecular flexibility index (Phi) is 10.8. The van der Waals surface area contributed by atoms with E-state index >= 15 is 0 Å². The van der Waals surface area contributed by atoms with Gasteiger partial charge in [0.05, 0.1) is 13.2 Å². The molecule has 1 aromatic carbocycles. The van der Waals surface area contributed by atoms with Crippen LogP contribution in [0.15, 0.2) is 18.2 Å². The standard InChI is InChI=1S/C22H33NO6/c1-5-12-28-18-10-8-16(14-19(18)29-13-6-2)17(24)9-11-20(25)23-21(22(26)27)15(4)7-3/h8,10,14-15,21H,5-7,9,11-13H2,1-4H3,(H,23,25)(H,26,27). The highest BCUT2D eigenvalue weighted by atomic mass is 16.5. The number of carboxylic acids is 1. The second-order valence-electron chi connectivity index (χ2n) is 7.05. The third-order valence-electron chi connectivity index (χ3n) is 4.56. The number of hydrogen-bond donors (Lipinski definition) is 2. The molecule has 1 aromatic rings. The van der Waals surface area contributed by atoms with Crippen LogP contribution in [0.1, 0.15) is 70.2 Å². The second kappa shape index (κ2) is 12.8. The van der Waals surface area contributed by atoms with E-state index in [0.29, 0.717) is 36.7 Å². The lowest BCUT2D eigenvalue weighted by Crippen LogP contribution is -2.45. The van der Waals surface area contributed by atoms with Crippen molar-refractivity contribution in [2.45, 2.75) is 65.8 Å². The zero-order chi connectivity index (χ0) is 21.8. The molecule has 0 aromatic heterocycles. The summed E-state index contributed by atoms with van der Waals surface area (Å²) in [7, 11) is 0. The van der Waals surface area contributed by atoms with Crippen LogP contribution >= 0.6 is 0 Å². The van der Waals surface area contributed by atoms with E-state index in [2.05, 4.69) is 5.32 Å². The molecule has 7 nitrogen and oxygen atoms in total. The number of rotatable bonds is 14. The molecule has 0 saturated carbocycles. The van der Waals surface area contributed by atoms with Crippen LogP contribution in [0.4, 0.5) is 0 Å². The highest BCUT2D eigenvalue weighted by molar-refractivity contribution is 5.98. The van der Waals surface area contributed by atoms with Crippen LogP contribution in [0.2, 0.25) is 0 Å². The van der Waals surface area contributed by atoms with Gasteiger partial charge in [0.25, 0.3) is 0 Å². The molecule has 1 amide bonds. The highest BCUT2D eigenvalue weighted by Gasteiger charge is 2.25. The SMILES string of the molecule is CCCOc1ccc(C(=O)CCC(=O)NC(C(=O)O)C(C)CC)cc1OCCC. The number of aliphatic carboxylic acids is 1. The van der Waals surface area contributed by atoms with E-state index in [4.69, 9.17) is 9.47 Å². The van der Waals surface area contributed by atoms with Crippen molar-refractivity contribution in [1.82, 2.24) is 5.32 Å². The van der Waals surface area contributed by atoms with Crippen molar-refractivity contribution in [2.24, 2.45) is 5.92 Å². The van der Waals surface area contributed by atoms with Crippen molar-refractivity contribution in [3.05, 3.63) is 23.8 Å². The maximum atomic E-state index is 12.5. The summed E-state index contributed by atoms with van der Waals surface area (Å²) in [5.74, 6) is -0.818. The van der Waals surface area contributed by atoms with Gasteiger partial charge in [-0.2, -0.15) is 0 Å². The van der Waals surface area contributed by atoms with E-state index in [1.54, 1.807) is 25.1 Å². The summed E-state index contributed by atoms with van der Waals surface area (Å²) < 4.78 is 11.4. The van der Waals surface area contributed by atoms with Gasteiger partial charge in [-0.25, -0.2) is 4.79 Å². The van der Waals surface area contributed by atoms with Crippen LogP contribution in [-0.4, -0.2) is 42.0 Å². The third-order valence-corrected chi connectivity index (χ3v) is 4.56. The van der Waals surface area contributed by atoms with Gasteiger partial charge >= 0.3 is 5.97 Å². The summed E-state index contributed by atoms with van der Waals surface area (Å²) in [5, 5.41) is 11.8. The second-order valence-corrected chi connectivity index (χ2v) is 7.05. The first-order chi connectivity index (χ1) is 13.8. The highest BCUT2D eigenvalue weighted by Crippen LogP contribution is 2.29. The first kappa shape index (κ1) is 24.5. The van der Waals surface area contributed by atoms with Gasteiger partial charge in [-0.15, -0.1) is 0 Å². The fourth-order valence-electron chi connectivity index (χ4n) is 2.64. The quantitative estimate of drug-likeness (QED) is 0.454. The minimum absolute atomic E-state index is 0.0128. The number of ether oxygens (including phenoxy) is 2. The molecule has 2 unspecified atom stereocenters. The number of carboxylic acid groups (broad SMARTS) is 1. The van der Waals surface area contributed by atoms with Gasteiger partial charge in [-0.3, -0.25) is 9.59 Å². The minimum Gasteiger partial charge on any atom is -0.490 e. The molecule has 0 fully saturated rings. The molecule has 0 aliphatic heterocycles. The molecular formula is C22H33NO6. The molecule has 0 heterocycles. The van der Waals surface area contributed by atoms with Crippen molar-refractivity contribution in [3.8, 4) is 11.5 Å². The molecule has 0 radical (unpaired) electrons. The van der Waals surface area contributed by atoms with Crippen molar-refractivity contribution in [3.63, 3.8) is 0 Å². The molecule has 0 aliphatic rings. The lowest BCUT2D eigenvalue weighted by molar-refractivity contribution is -0.143. The summed E-state index contributed by atoms with van der Waals surface area (Å²) in [4.78, 5) is 36.0. The number of carbonyl (C=O) groups excluding carboxylic acids is 2. The van der Waals surface area contributed by atoms with Crippen molar-refractivity contribution >= 4 is 17.7 Å². The van der Waals surface area contributed by atoms with Crippen LogP contribution in [0, 0.1) is 5.92 Å². The van der Waals surface area contributed by atoms with E-state index in [0.717, 1.165) is 12.8 Å². The van der Waals surface area contributed by atoms with Gasteiger partial charge in [0.2, 0.25) is 5.91 Å². The molecule has 0 spiro atoms. The zero-order valence-corrected chi connectivity index (χ0v) is 17.8. The van der Waals surface area contributed by atoms with Crippen LogP contribution in [0.5, 0.6) is 11.5 Å². The number of benzene rings is 1. The average molecular weight is 408 g/mol. The monoisotopic (exact) mass is 407 g/mol. The van der Waals surface area contributed by atoms with Crippen molar-refractivity contribution in [2.75, 3.05) is 13.2 Å². The maximum Gasteiger partial charge on any atom is 0.326 e. The van der Waals surface area contributed by atoms with Crippen molar-refractivity contribution < 1.29 is 29.0 Å². The predicted molar refractivity (Wildman–Crippen MR) is 111 cm³/mol. The molecule has 1 rings (SSSR count). The Morgan fingerprint density at radius 2 is 1.62 bits per heavy atom. The van der Waals surface area contributed by atoms with E-state index in [1.807, 2.05) is 20.8 Å². The topological polar surface area (TPSA) is 102 Å². The summed E-state index contributed by atoms with van der Waals surface area (Å²) in [6.45, 7) is 8.69. The zero-order valence-electron chi connectivity index (χ0n) is 17.8. The summed E-state index contributed by atoms with van der Waals surface area (Å²) in [6, 6.07) is 4.05. The van der Waals surface area contributed by atoms with E-state index in [-0.39, 0.29) is 24.5 Å². The Balaban J connectivity index is 2.75. The Hall–Kier alpha value is -2.57. The number of Topliss-reactive ketones (excluding diaryl/α,β-unsaturated/α-hetero) is 1. The predicted octanol–water partition coefficient (Wildman–Crippen LogP) is 3.84. The molecule has 0 bridgehead atoms. The Bertz CT molecular complexity index is 688. The lowest BCUT2D eigenvalue weighted by atomic mass is 9.99. The molecule has 29 heavy (non-hydrogen) atoms. The van der Waals surface area contributed by atoms with E-state index in [9.17, 15) is 19.5 Å². The number of amides is 1. The number of nitrogens with one attached hydrogen (secondary N) is 1. The van der Waals surface area contributed by atoms with Gasteiger partial charge in [0.15, 0.2) is 17.3 Å². The van der Waals surface area contributed by atoms with Crippen LogP contribution < -0.4 is 14.8 Å². The van der Waals surface area contributed by atoms with Gasteiger partial charge in [-0.1, -0.05) is 34.1 Å². The van der Waals surface area contributed by atoms with Crippen molar-refractivity contribution in [1.29, 1.82) is 0 Å². The molecular weight excluding hydrogens is 374 g/mol. The van der Waals surface area contributed by atoms with Crippen LogP contribution in [0.3, 0.4) is 0 Å². The first-order valence-corrected chi connectivity index (χ1v) is 10.3. The molecule has 0 aliphatic carbocycles. The van der Waals surface area contributed by atoms with Gasteiger partial charge in [0.1, 0.15) is 6.04 Å². The summed E-state index contributed by atoms with van der Waals surface area (Å²) >= 11 is 0. The van der Waals surface area contributed by atoms with Gasteiger partial charge < -0.3 is 19.9 Å². The van der Waals surface area contributed by atoms with Crippen LogP contribution in [-0.2, 0) is 9.59 Å². The minimum atomic E-state index is -1.07. The Morgan fingerprint density at radius 3 is 2.17 bits per heavy atom. The number of ketones is 1. The molecule has 7 heteroatoms. The maximum absolute atomic E-state index is 12.5. The Morgan fingerprint density at radius 1 is 1.00 bits per heavy atom.